The minimum Gasteiger partial charge on any atom is -0.0654 e. The van der Waals surface area contributed by atoms with Gasteiger partial charge in [-0.3, -0.25) is 0 Å². The molecule has 476 valence electrons. The lowest BCUT2D eigenvalue weighted by atomic mass is 9.56. The molecule has 0 aliphatic heterocycles. The first kappa shape index (κ1) is 74.3. The van der Waals surface area contributed by atoms with Gasteiger partial charge in [0.05, 0.1) is 0 Å². The number of hydrogen-bond donors (Lipinski definition) is 0. The van der Waals surface area contributed by atoms with Crippen LogP contribution in [-0.2, 0) is 0 Å². The molecule has 0 aromatic heterocycles. The van der Waals surface area contributed by atoms with Gasteiger partial charge in [0.15, 0.2) is 0 Å². The van der Waals surface area contributed by atoms with E-state index in [0.29, 0.717) is 54.1 Å². The second-order valence-electron chi connectivity index (χ2n) is 35.5. The molecule has 0 amide bonds. The first-order valence-electron chi connectivity index (χ1n) is 37.6. The predicted molar refractivity (Wildman–Crippen MR) is 364 cm³/mol. The molecule has 4 atom stereocenters. The van der Waals surface area contributed by atoms with E-state index in [4.69, 9.17) is 0 Å². The highest BCUT2D eigenvalue weighted by atomic mass is 14.5. The van der Waals surface area contributed by atoms with E-state index in [1.54, 1.807) is 0 Å². The van der Waals surface area contributed by atoms with E-state index < -0.39 is 0 Å². The molecule has 0 heteroatoms. The average molecular weight is 1120 g/mol. The van der Waals surface area contributed by atoms with E-state index in [2.05, 4.69) is 125 Å². The molecule has 4 unspecified atom stereocenters. The van der Waals surface area contributed by atoms with Gasteiger partial charge in [0.1, 0.15) is 0 Å². The van der Waals surface area contributed by atoms with Crippen molar-refractivity contribution in [1.29, 1.82) is 0 Å². The van der Waals surface area contributed by atoms with Crippen molar-refractivity contribution in [3.05, 3.63) is 0 Å². The molecule has 0 spiro atoms. The second-order valence-corrected chi connectivity index (χ2v) is 35.5. The predicted octanol–water partition coefficient (Wildman–Crippen LogP) is 29.0. The smallest absolute Gasteiger partial charge is 0.0272 e. The molecule has 3 fully saturated rings. The monoisotopic (exact) mass is 1120 g/mol. The molecule has 3 aliphatic carbocycles. The summed E-state index contributed by atoms with van der Waals surface area (Å²) in [5.41, 5.74) is 4.67. The Morgan fingerprint density at radius 3 is 0.988 bits per heavy atom. The van der Waals surface area contributed by atoms with Crippen molar-refractivity contribution in [2.75, 3.05) is 0 Å². The normalized spacial score (nSPS) is 32.1. The molecule has 0 nitrogen and oxygen atoms in total. The Bertz CT molecular complexity index is 1530. The fourth-order valence-corrected chi connectivity index (χ4v) is 18.4. The van der Waals surface area contributed by atoms with Crippen molar-refractivity contribution in [3.8, 4) is 0 Å². The van der Waals surface area contributed by atoms with E-state index >= 15 is 0 Å². The number of rotatable bonds is 20. The maximum absolute atomic E-state index is 2.83. The molecule has 3 aliphatic rings. The Balaban J connectivity index is 1.56. The third-order valence-electron chi connectivity index (χ3n) is 27.2. The van der Waals surface area contributed by atoms with Gasteiger partial charge >= 0.3 is 0 Å². The van der Waals surface area contributed by atoms with Crippen LogP contribution in [0.5, 0.6) is 0 Å². The highest BCUT2D eigenvalue weighted by Crippen LogP contribution is 2.57. The van der Waals surface area contributed by atoms with Crippen molar-refractivity contribution in [2.45, 2.75) is 446 Å². The summed E-state index contributed by atoms with van der Waals surface area (Å²) in [4.78, 5) is 0. The van der Waals surface area contributed by atoms with Crippen molar-refractivity contribution in [2.24, 2.45) is 66.0 Å². The summed E-state index contributed by atoms with van der Waals surface area (Å²) in [6.45, 7) is 47.1. The number of unbranched alkanes of at least 4 members (excludes halogenated alkanes) is 7. The van der Waals surface area contributed by atoms with Gasteiger partial charge in [0.25, 0.3) is 0 Å². The van der Waals surface area contributed by atoms with Crippen molar-refractivity contribution in [3.63, 3.8) is 0 Å². The van der Waals surface area contributed by atoms with Crippen LogP contribution in [0.15, 0.2) is 0 Å². The van der Waals surface area contributed by atoms with E-state index in [9.17, 15) is 0 Å². The lowest BCUT2D eigenvalue weighted by molar-refractivity contribution is 0.00736. The third kappa shape index (κ3) is 24.6. The van der Waals surface area contributed by atoms with Crippen LogP contribution in [-0.4, -0.2) is 0 Å². The van der Waals surface area contributed by atoms with Crippen LogP contribution in [0.3, 0.4) is 0 Å². The Morgan fingerprint density at radius 1 is 0.325 bits per heavy atom. The van der Waals surface area contributed by atoms with Crippen LogP contribution >= 0.6 is 0 Å². The average Bonchev–Trinajstić information content (AvgIpc) is 3.39. The second kappa shape index (κ2) is 35.7. The van der Waals surface area contributed by atoms with Crippen molar-refractivity contribution >= 4 is 0 Å². The minimum absolute atomic E-state index is 0.369. The summed E-state index contributed by atoms with van der Waals surface area (Å²) in [6.07, 6.45) is 72.9. The molecule has 3 saturated carbocycles. The SMILES string of the molecule is CCCCCCC(C)(CCCCCCCC1(C)CCCCCCCC(C)(C(C)(C)C)CCCCCC1)C1(C)CCCCCCC(C)(C2(C)CCCCCCC(C)(CC(C)(C)C(C)C(C)(C)C(C)C)CCCCCC2)CCCCCC1. The van der Waals surface area contributed by atoms with Gasteiger partial charge in [-0.2, -0.15) is 0 Å². The van der Waals surface area contributed by atoms with Crippen molar-refractivity contribution < 1.29 is 0 Å². The zero-order valence-electron chi connectivity index (χ0n) is 59.5. The van der Waals surface area contributed by atoms with Gasteiger partial charge in [-0.15, -0.1) is 0 Å². The van der Waals surface area contributed by atoms with E-state index in [1.165, 1.54) is 321 Å². The summed E-state index contributed by atoms with van der Waals surface area (Å²) in [7, 11) is 0. The zero-order chi connectivity index (χ0) is 59.5. The van der Waals surface area contributed by atoms with Crippen LogP contribution in [0.25, 0.3) is 0 Å². The number of hydrogen-bond acceptors (Lipinski definition) is 0. The lowest BCUT2D eigenvalue weighted by Gasteiger charge is -2.49. The Labute approximate surface area is 509 Å². The van der Waals surface area contributed by atoms with Crippen LogP contribution in [0.4, 0.5) is 0 Å². The topological polar surface area (TPSA) is 0 Å². The van der Waals surface area contributed by atoms with Gasteiger partial charge < -0.3 is 0 Å². The fraction of sp³-hybridized carbons (Fsp3) is 1.00. The van der Waals surface area contributed by atoms with E-state index in [0.717, 1.165) is 11.8 Å². The minimum atomic E-state index is 0.369. The molecule has 0 radical (unpaired) electrons. The van der Waals surface area contributed by atoms with Crippen LogP contribution in [0.2, 0.25) is 0 Å². The van der Waals surface area contributed by atoms with Gasteiger partial charge in [-0.25, -0.2) is 0 Å². The molecule has 0 bridgehead atoms. The summed E-state index contributed by atoms with van der Waals surface area (Å²) in [5, 5.41) is 0. The molecule has 3 rings (SSSR count). The summed E-state index contributed by atoms with van der Waals surface area (Å²) in [6, 6.07) is 0. The maximum Gasteiger partial charge on any atom is -0.0272 e. The molecule has 0 saturated heterocycles. The van der Waals surface area contributed by atoms with Gasteiger partial charge in [0, 0.05) is 0 Å². The molecular formula is C80H156. The first-order valence-corrected chi connectivity index (χ1v) is 37.6. The zero-order valence-corrected chi connectivity index (χ0v) is 59.5. The third-order valence-corrected chi connectivity index (χ3v) is 27.2. The highest BCUT2D eigenvalue weighted by Gasteiger charge is 2.46. The molecular weight excluding hydrogens is 961 g/mol. The lowest BCUT2D eigenvalue weighted by Crippen LogP contribution is -2.40. The fourth-order valence-electron chi connectivity index (χ4n) is 18.4. The molecule has 0 aromatic carbocycles. The maximum atomic E-state index is 2.83. The van der Waals surface area contributed by atoms with Gasteiger partial charge in [-0.05, 0) is 169 Å². The van der Waals surface area contributed by atoms with Crippen LogP contribution in [0.1, 0.15) is 446 Å². The standard InChI is InChI=1S/C80H156/c1-19-20-21-43-60-77(15,61-46-27-23-25-39-54-74(12)53-38-24-22-26-44-58-76(14,71(5,6)7)59-45-31-28-40-55-74)78(16)64-49-34-36-51-66-80(18,67-52-37-35-50-65-78)79(17)62-47-32-29-41-56-75(13,57-42-30-33-48-63-79)68-72(8,9)70(4)73(10,11)69(2)3/h69-70H,19-68H2,1-18H3. The molecule has 0 aromatic rings. The van der Waals surface area contributed by atoms with Crippen molar-refractivity contribution in [1.82, 2.24) is 0 Å². The van der Waals surface area contributed by atoms with Gasteiger partial charge in [0.2, 0.25) is 0 Å². The Morgan fingerprint density at radius 2 is 0.625 bits per heavy atom. The summed E-state index contributed by atoms with van der Waals surface area (Å²) >= 11 is 0. The van der Waals surface area contributed by atoms with E-state index in [-0.39, 0.29) is 0 Å². The Kier molecular flexibility index (Phi) is 33.2. The van der Waals surface area contributed by atoms with Crippen LogP contribution < -0.4 is 0 Å². The molecule has 0 N–H and O–H groups in total. The van der Waals surface area contributed by atoms with Gasteiger partial charge in [-0.1, -0.05) is 343 Å². The van der Waals surface area contributed by atoms with E-state index in [1.807, 2.05) is 0 Å². The first-order chi connectivity index (χ1) is 37.6. The van der Waals surface area contributed by atoms with Crippen LogP contribution in [0, 0.1) is 66.0 Å². The molecule has 80 heavy (non-hydrogen) atoms. The molecule has 0 heterocycles. The quantitative estimate of drug-likeness (QED) is 0.107. The summed E-state index contributed by atoms with van der Waals surface area (Å²) in [5.74, 6) is 1.44. The largest absolute Gasteiger partial charge is 0.0654 e. The highest BCUT2D eigenvalue weighted by molar-refractivity contribution is 4.97. The Hall–Kier alpha value is 0. The summed E-state index contributed by atoms with van der Waals surface area (Å²) < 4.78 is 0.